The largest absolute Gasteiger partial charge is 0.493 e. The first-order chi connectivity index (χ1) is 12.5. The lowest BCUT2D eigenvalue weighted by atomic mass is 10.2. The van der Waals surface area contributed by atoms with Crippen LogP contribution in [-0.4, -0.2) is 23.9 Å². The molecular formula is C19H16FNO3S2. The van der Waals surface area contributed by atoms with Gasteiger partial charge in [-0.15, -0.1) is 0 Å². The Hall–Kier alpha value is -2.38. The van der Waals surface area contributed by atoms with E-state index in [2.05, 4.69) is 0 Å². The van der Waals surface area contributed by atoms with Gasteiger partial charge in [0, 0.05) is 0 Å². The molecule has 1 saturated heterocycles. The highest BCUT2D eigenvalue weighted by atomic mass is 32.2. The summed E-state index contributed by atoms with van der Waals surface area (Å²) in [5, 5.41) is 0. The fourth-order valence-corrected chi connectivity index (χ4v) is 3.80. The highest BCUT2D eigenvalue weighted by molar-refractivity contribution is 8.27. The molecule has 0 N–H and O–H groups in total. The Morgan fingerprint density at radius 2 is 2.04 bits per heavy atom. The van der Waals surface area contributed by atoms with Gasteiger partial charge >= 0.3 is 0 Å². The third-order valence-electron chi connectivity index (χ3n) is 3.65. The fourth-order valence-electron chi connectivity index (χ4n) is 2.51. The average molecular weight is 389 g/mol. The van der Waals surface area contributed by atoms with Gasteiger partial charge in [0.1, 0.15) is 5.82 Å². The zero-order chi connectivity index (χ0) is 18.7. The van der Waals surface area contributed by atoms with Gasteiger partial charge in [-0.3, -0.25) is 9.69 Å². The second kappa shape index (κ2) is 7.88. The van der Waals surface area contributed by atoms with Gasteiger partial charge in [-0.25, -0.2) is 4.39 Å². The van der Waals surface area contributed by atoms with Crippen LogP contribution in [0.2, 0.25) is 0 Å². The summed E-state index contributed by atoms with van der Waals surface area (Å²) in [5.41, 5.74) is 1.20. The highest BCUT2D eigenvalue weighted by Gasteiger charge is 2.33. The van der Waals surface area contributed by atoms with Crippen molar-refractivity contribution in [3.05, 3.63) is 58.8 Å². The van der Waals surface area contributed by atoms with E-state index in [4.69, 9.17) is 21.7 Å². The van der Waals surface area contributed by atoms with E-state index in [1.165, 1.54) is 28.8 Å². The molecule has 26 heavy (non-hydrogen) atoms. The molecule has 1 fully saturated rings. The summed E-state index contributed by atoms with van der Waals surface area (Å²) in [6, 6.07) is 11.2. The number of methoxy groups -OCH3 is 1. The topological polar surface area (TPSA) is 38.8 Å². The number of hydrogen-bond acceptors (Lipinski definition) is 5. The van der Waals surface area contributed by atoms with Gasteiger partial charge in [-0.1, -0.05) is 36.1 Å². The molecule has 4 nitrogen and oxygen atoms in total. The molecule has 0 atom stereocenters. The summed E-state index contributed by atoms with van der Waals surface area (Å²) in [6.07, 6.45) is 1.73. The Kier molecular flexibility index (Phi) is 5.58. The van der Waals surface area contributed by atoms with Crippen molar-refractivity contribution in [3.8, 4) is 11.5 Å². The summed E-state index contributed by atoms with van der Waals surface area (Å²) in [5.74, 6) is 0.524. The molecule has 1 aliphatic rings. The van der Waals surface area contributed by atoms with Crippen LogP contribution < -0.4 is 14.4 Å². The number of anilines is 1. The number of rotatable bonds is 5. The monoisotopic (exact) mass is 389 g/mol. The molecule has 0 aliphatic carbocycles. The quantitative estimate of drug-likeness (QED) is 0.550. The molecule has 3 rings (SSSR count). The van der Waals surface area contributed by atoms with Crippen LogP contribution in [0.25, 0.3) is 6.08 Å². The lowest BCUT2D eigenvalue weighted by Crippen LogP contribution is -2.27. The van der Waals surface area contributed by atoms with Crippen molar-refractivity contribution in [1.82, 2.24) is 0 Å². The lowest BCUT2D eigenvalue weighted by Gasteiger charge is -2.14. The van der Waals surface area contributed by atoms with Crippen molar-refractivity contribution in [2.45, 2.75) is 6.92 Å². The highest BCUT2D eigenvalue weighted by Crippen LogP contribution is 2.37. The van der Waals surface area contributed by atoms with Crippen molar-refractivity contribution in [1.29, 1.82) is 0 Å². The Balaban J connectivity index is 1.90. The second-order valence-corrected chi connectivity index (χ2v) is 7.02. The maximum atomic E-state index is 13.5. The van der Waals surface area contributed by atoms with Crippen LogP contribution in [0.4, 0.5) is 10.1 Å². The molecule has 7 heteroatoms. The molecule has 0 radical (unpaired) electrons. The molecule has 1 amide bonds. The van der Waals surface area contributed by atoms with Crippen LogP contribution in [0.1, 0.15) is 12.5 Å². The molecule has 1 heterocycles. The van der Waals surface area contributed by atoms with E-state index in [9.17, 15) is 9.18 Å². The van der Waals surface area contributed by atoms with Crippen molar-refractivity contribution in [2.75, 3.05) is 18.6 Å². The number of thiocarbonyl (C=S) groups is 1. The van der Waals surface area contributed by atoms with Crippen LogP contribution in [0, 0.1) is 5.82 Å². The van der Waals surface area contributed by atoms with E-state index < -0.39 is 5.82 Å². The van der Waals surface area contributed by atoms with Crippen molar-refractivity contribution < 1.29 is 18.7 Å². The van der Waals surface area contributed by atoms with E-state index in [1.54, 1.807) is 37.5 Å². The molecule has 0 unspecified atom stereocenters. The molecule has 0 spiro atoms. The Bertz CT molecular complexity index is 898. The Labute approximate surface area is 160 Å². The maximum absolute atomic E-state index is 13.5. The number of carbonyl (C=O) groups is 1. The van der Waals surface area contributed by atoms with E-state index in [-0.39, 0.29) is 5.91 Å². The minimum atomic E-state index is -0.420. The van der Waals surface area contributed by atoms with Gasteiger partial charge in [0.25, 0.3) is 5.91 Å². The molecule has 0 saturated carbocycles. The summed E-state index contributed by atoms with van der Waals surface area (Å²) in [6.45, 7) is 2.42. The number of benzene rings is 2. The van der Waals surface area contributed by atoms with Crippen LogP contribution >= 0.6 is 24.0 Å². The first-order valence-electron chi connectivity index (χ1n) is 7.88. The van der Waals surface area contributed by atoms with Gasteiger partial charge in [0.05, 0.1) is 24.3 Å². The van der Waals surface area contributed by atoms with Gasteiger partial charge in [0.15, 0.2) is 15.8 Å². The van der Waals surface area contributed by atoms with Crippen molar-refractivity contribution in [2.24, 2.45) is 0 Å². The molecule has 0 bridgehead atoms. The normalized spacial score (nSPS) is 15.7. The third-order valence-corrected chi connectivity index (χ3v) is 4.95. The van der Waals surface area contributed by atoms with Crippen molar-refractivity contribution >= 4 is 46.0 Å². The Morgan fingerprint density at radius 3 is 2.73 bits per heavy atom. The molecule has 0 aromatic heterocycles. The number of thioether (sulfide) groups is 1. The SMILES string of the molecule is CCOc1ccc(/C=C2\SC(=S)N(c3cccc(F)c3)C2=O)cc1OC. The van der Waals surface area contributed by atoms with E-state index in [0.717, 1.165) is 5.56 Å². The first kappa shape index (κ1) is 18.4. The number of nitrogens with zero attached hydrogens (tertiary/aromatic N) is 1. The number of hydrogen-bond donors (Lipinski definition) is 0. The van der Waals surface area contributed by atoms with Gasteiger partial charge in [-0.05, 0) is 48.9 Å². The summed E-state index contributed by atoms with van der Waals surface area (Å²) in [4.78, 5) is 14.5. The Morgan fingerprint density at radius 1 is 1.23 bits per heavy atom. The smallest absolute Gasteiger partial charge is 0.270 e. The van der Waals surface area contributed by atoms with E-state index in [1.807, 2.05) is 13.0 Å². The van der Waals surface area contributed by atoms with Crippen LogP contribution in [-0.2, 0) is 4.79 Å². The number of carbonyl (C=O) groups excluding carboxylic acids is 1. The summed E-state index contributed by atoms with van der Waals surface area (Å²) < 4.78 is 24.7. The predicted octanol–water partition coefficient (Wildman–Crippen LogP) is 4.64. The number of ether oxygens (including phenoxy) is 2. The number of halogens is 1. The molecule has 2 aromatic carbocycles. The minimum absolute atomic E-state index is 0.279. The lowest BCUT2D eigenvalue weighted by molar-refractivity contribution is -0.113. The fraction of sp³-hybridized carbons (Fsp3) is 0.158. The third kappa shape index (κ3) is 3.73. The van der Waals surface area contributed by atoms with Crippen LogP contribution in [0.3, 0.4) is 0 Å². The minimum Gasteiger partial charge on any atom is -0.493 e. The molecular weight excluding hydrogens is 373 g/mol. The van der Waals surface area contributed by atoms with Gasteiger partial charge < -0.3 is 9.47 Å². The summed E-state index contributed by atoms with van der Waals surface area (Å²) in [7, 11) is 1.56. The first-order valence-corrected chi connectivity index (χ1v) is 9.10. The maximum Gasteiger partial charge on any atom is 0.270 e. The van der Waals surface area contributed by atoms with E-state index >= 15 is 0 Å². The van der Waals surface area contributed by atoms with Crippen LogP contribution in [0.5, 0.6) is 11.5 Å². The average Bonchev–Trinajstić information content (AvgIpc) is 2.90. The van der Waals surface area contributed by atoms with E-state index in [0.29, 0.717) is 33.0 Å². The molecule has 1 aliphatic heterocycles. The summed E-state index contributed by atoms with van der Waals surface area (Å²) >= 11 is 6.48. The van der Waals surface area contributed by atoms with Gasteiger partial charge in [-0.2, -0.15) is 0 Å². The second-order valence-electron chi connectivity index (χ2n) is 5.34. The zero-order valence-corrected chi connectivity index (χ0v) is 15.8. The predicted molar refractivity (Wildman–Crippen MR) is 106 cm³/mol. The van der Waals surface area contributed by atoms with Crippen LogP contribution in [0.15, 0.2) is 47.4 Å². The number of amides is 1. The molecule has 134 valence electrons. The zero-order valence-electron chi connectivity index (χ0n) is 14.2. The standard InChI is InChI=1S/C19H16FNO3S2/c1-3-24-15-8-7-12(9-16(15)23-2)10-17-18(22)21(19(25)26-17)14-6-4-5-13(20)11-14/h4-11H,3H2,1-2H3/b17-10-. The van der Waals surface area contributed by atoms with Crippen molar-refractivity contribution in [3.63, 3.8) is 0 Å². The molecule has 2 aromatic rings. The van der Waals surface area contributed by atoms with Gasteiger partial charge in [0.2, 0.25) is 0 Å².